The van der Waals surface area contributed by atoms with Gasteiger partial charge in [0.05, 0.1) is 0 Å². The number of nitrogens with zero attached hydrogens (tertiary/aromatic N) is 1. The van der Waals surface area contributed by atoms with Crippen molar-refractivity contribution in [2.45, 2.75) is 44.8 Å². The Kier molecular flexibility index (Phi) is 6.17. The molecule has 4 nitrogen and oxygen atoms in total. The molecule has 2 N–H and O–H groups in total. The van der Waals surface area contributed by atoms with Gasteiger partial charge in [-0.05, 0) is 25.5 Å². The lowest BCUT2D eigenvalue weighted by Gasteiger charge is -2.32. The molecule has 0 aliphatic carbocycles. The lowest BCUT2D eigenvalue weighted by atomic mass is 9.85. The number of aliphatic carboxylic acids is 1. The Morgan fingerprint density at radius 1 is 1.35 bits per heavy atom. The van der Waals surface area contributed by atoms with Crippen LogP contribution in [-0.4, -0.2) is 40.7 Å². The minimum atomic E-state index is -0.745. The van der Waals surface area contributed by atoms with E-state index in [-0.39, 0.29) is 12.5 Å². The molecular formula is C16H25NO3. The summed E-state index contributed by atoms with van der Waals surface area (Å²) in [4.78, 5) is 11.6. The fourth-order valence-corrected chi connectivity index (χ4v) is 2.75. The van der Waals surface area contributed by atoms with Crippen LogP contribution < -0.4 is 0 Å². The molecule has 1 fully saturated rings. The molecule has 0 saturated carbocycles. The van der Waals surface area contributed by atoms with Crippen LogP contribution in [0.2, 0.25) is 0 Å². The molecule has 20 heavy (non-hydrogen) atoms. The van der Waals surface area contributed by atoms with Gasteiger partial charge >= 0.3 is 5.97 Å². The Morgan fingerprint density at radius 3 is 2.35 bits per heavy atom. The number of hydrogen-bond acceptors (Lipinski definition) is 3. The van der Waals surface area contributed by atoms with Gasteiger partial charge in [0, 0.05) is 19.0 Å². The van der Waals surface area contributed by atoms with Crippen LogP contribution in [0, 0.1) is 0 Å². The van der Waals surface area contributed by atoms with E-state index < -0.39 is 11.6 Å². The summed E-state index contributed by atoms with van der Waals surface area (Å²) in [6.45, 7) is 4.71. The van der Waals surface area contributed by atoms with Gasteiger partial charge in [-0.25, -0.2) is 0 Å². The maximum absolute atomic E-state index is 10.8. The Labute approximate surface area is 121 Å². The molecule has 2 unspecified atom stereocenters. The topological polar surface area (TPSA) is 60.8 Å². The average Bonchev–Trinajstić information content (AvgIpc) is 2.76. The number of rotatable bonds is 3. The summed E-state index contributed by atoms with van der Waals surface area (Å²) in [6.07, 6.45) is 2.05. The van der Waals surface area contributed by atoms with E-state index in [1.54, 1.807) is 6.92 Å². The smallest absolute Gasteiger partial charge is 0.303 e. The zero-order valence-corrected chi connectivity index (χ0v) is 12.5. The van der Waals surface area contributed by atoms with Gasteiger partial charge in [0.1, 0.15) is 5.60 Å². The predicted octanol–water partition coefficient (Wildman–Crippen LogP) is 2.47. The second-order valence-electron chi connectivity index (χ2n) is 5.19. The highest BCUT2D eigenvalue weighted by Gasteiger charge is 2.44. The van der Waals surface area contributed by atoms with Crippen molar-refractivity contribution >= 4 is 5.97 Å². The third-order valence-electron chi connectivity index (χ3n) is 3.89. The standard InChI is InChI=1S/C13H19NO.C3H6O2/c1-3-12-13(15,9-10-14(12)2)11-7-5-4-6-8-11;1-2-3(4)5/h4-8,12,15H,3,9-10H2,1-2H3;2H2,1H3,(H,4,5). The van der Waals surface area contributed by atoms with Crippen LogP contribution in [-0.2, 0) is 10.4 Å². The van der Waals surface area contributed by atoms with Crippen LogP contribution in [0.3, 0.4) is 0 Å². The molecule has 2 rings (SSSR count). The number of likely N-dealkylation sites (N-methyl/N-ethyl adjacent to an activating group) is 1. The molecule has 0 aromatic heterocycles. The van der Waals surface area contributed by atoms with Crippen molar-refractivity contribution in [2.24, 2.45) is 0 Å². The summed E-state index contributed by atoms with van der Waals surface area (Å²) in [6, 6.07) is 10.3. The highest BCUT2D eigenvalue weighted by molar-refractivity contribution is 5.66. The number of likely N-dealkylation sites (tertiary alicyclic amines) is 1. The Bertz CT molecular complexity index is 421. The molecule has 1 aromatic rings. The first-order chi connectivity index (χ1) is 9.45. The van der Waals surface area contributed by atoms with E-state index in [1.807, 2.05) is 30.3 Å². The lowest BCUT2D eigenvalue weighted by Crippen LogP contribution is -2.40. The van der Waals surface area contributed by atoms with Crippen molar-refractivity contribution in [3.8, 4) is 0 Å². The van der Waals surface area contributed by atoms with Gasteiger partial charge in [0.25, 0.3) is 0 Å². The Morgan fingerprint density at radius 2 is 1.90 bits per heavy atom. The Balaban J connectivity index is 0.000000347. The average molecular weight is 279 g/mol. The predicted molar refractivity (Wildman–Crippen MR) is 79.6 cm³/mol. The van der Waals surface area contributed by atoms with Gasteiger partial charge in [-0.1, -0.05) is 44.2 Å². The van der Waals surface area contributed by atoms with E-state index >= 15 is 0 Å². The number of benzene rings is 1. The SMILES string of the molecule is CCC(=O)O.CCC1N(C)CCC1(O)c1ccccc1. The van der Waals surface area contributed by atoms with Crippen molar-refractivity contribution in [1.82, 2.24) is 4.90 Å². The van der Waals surface area contributed by atoms with E-state index in [0.29, 0.717) is 0 Å². The van der Waals surface area contributed by atoms with Crippen molar-refractivity contribution in [3.63, 3.8) is 0 Å². The van der Waals surface area contributed by atoms with Crippen LogP contribution in [0.1, 0.15) is 38.7 Å². The zero-order valence-electron chi connectivity index (χ0n) is 12.5. The summed E-state index contributed by atoms with van der Waals surface area (Å²) in [5.41, 5.74) is 0.409. The lowest BCUT2D eigenvalue weighted by molar-refractivity contribution is -0.136. The highest BCUT2D eigenvalue weighted by atomic mass is 16.4. The number of hydrogen-bond donors (Lipinski definition) is 2. The maximum Gasteiger partial charge on any atom is 0.303 e. The van der Waals surface area contributed by atoms with Crippen LogP contribution in [0.5, 0.6) is 0 Å². The normalized spacial score (nSPS) is 25.9. The molecule has 112 valence electrons. The number of carbonyl (C=O) groups is 1. The second-order valence-corrected chi connectivity index (χ2v) is 5.19. The first-order valence-electron chi connectivity index (χ1n) is 7.15. The van der Waals surface area contributed by atoms with Gasteiger partial charge in [0.2, 0.25) is 0 Å². The largest absolute Gasteiger partial charge is 0.481 e. The van der Waals surface area contributed by atoms with Gasteiger partial charge in [0.15, 0.2) is 0 Å². The summed E-state index contributed by atoms with van der Waals surface area (Å²) in [5, 5.41) is 18.5. The van der Waals surface area contributed by atoms with E-state index in [4.69, 9.17) is 5.11 Å². The summed E-state index contributed by atoms with van der Waals surface area (Å²) in [7, 11) is 2.09. The molecule has 1 aromatic carbocycles. The van der Waals surface area contributed by atoms with Crippen LogP contribution >= 0.6 is 0 Å². The molecule has 0 spiro atoms. The quantitative estimate of drug-likeness (QED) is 0.892. The molecule has 4 heteroatoms. The van der Waals surface area contributed by atoms with Crippen molar-refractivity contribution in [3.05, 3.63) is 35.9 Å². The second kappa shape index (κ2) is 7.41. The maximum atomic E-state index is 10.8. The van der Waals surface area contributed by atoms with Crippen molar-refractivity contribution < 1.29 is 15.0 Å². The third kappa shape index (κ3) is 3.81. The van der Waals surface area contributed by atoms with Gasteiger partial charge in [-0.3, -0.25) is 4.79 Å². The van der Waals surface area contributed by atoms with Gasteiger partial charge < -0.3 is 15.1 Å². The Hall–Kier alpha value is -1.39. The molecule has 1 aliphatic rings. The monoisotopic (exact) mass is 279 g/mol. The summed E-state index contributed by atoms with van der Waals surface area (Å²) >= 11 is 0. The molecule has 1 heterocycles. The minimum Gasteiger partial charge on any atom is -0.481 e. The molecule has 0 radical (unpaired) electrons. The fraction of sp³-hybridized carbons (Fsp3) is 0.562. The molecule has 1 aliphatic heterocycles. The van der Waals surface area contributed by atoms with Crippen molar-refractivity contribution in [2.75, 3.05) is 13.6 Å². The van der Waals surface area contributed by atoms with E-state index in [9.17, 15) is 9.90 Å². The zero-order chi connectivity index (χ0) is 15.2. The third-order valence-corrected chi connectivity index (χ3v) is 3.89. The van der Waals surface area contributed by atoms with Crippen LogP contribution in [0.25, 0.3) is 0 Å². The minimum absolute atomic E-state index is 0.222. The van der Waals surface area contributed by atoms with Crippen molar-refractivity contribution in [1.29, 1.82) is 0 Å². The van der Waals surface area contributed by atoms with E-state index in [2.05, 4.69) is 18.9 Å². The summed E-state index contributed by atoms with van der Waals surface area (Å²) < 4.78 is 0. The highest BCUT2D eigenvalue weighted by Crippen LogP contribution is 2.38. The molecule has 1 saturated heterocycles. The van der Waals surface area contributed by atoms with Gasteiger partial charge in [-0.15, -0.1) is 0 Å². The van der Waals surface area contributed by atoms with Crippen LogP contribution in [0.4, 0.5) is 0 Å². The van der Waals surface area contributed by atoms with Gasteiger partial charge in [-0.2, -0.15) is 0 Å². The molecule has 2 atom stereocenters. The number of carboxylic acid groups (broad SMARTS) is 1. The molecule has 0 bridgehead atoms. The van der Waals surface area contributed by atoms with Crippen LogP contribution in [0.15, 0.2) is 30.3 Å². The molecule has 0 amide bonds. The number of carboxylic acids is 1. The summed E-state index contributed by atoms with van der Waals surface area (Å²) in [5.74, 6) is -0.745. The first kappa shape index (κ1) is 16.7. The molecular weight excluding hydrogens is 254 g/mol. The first-order valence-corrected chi connectivity index (χ1v) is 7.15. The fourth-order valence-electron chi connectivity index (χ4n) is 2.75. The van der Waals surface area contributed by atoms with E-state index in [1.165, 1.54) is 0 Å². The number of aliphatic hydroxyl groups is 1. The van der Waals surface area contributed by atoms with E-state index in [0.717, 1.165) is 24.9 Å².